The third-order valence-electron chi connectivity index (χ3n) is 4.23. The van der Waals surface area contributed by atoms with Crippen LogP contribution in [0.3, 0.4) is 0 Å². The molecule has 0 fully saturated rings. The molecule has 0 aliphatic rings. The van der Waals surface area contributed by atoms with Gasteiger partial charge in [0.15, 0.2) is 11.8 Å². The number of benzene rings is 2. The van der Waals surface area contributed by atoms with Crippen LogP contribution in [0.15, 0.2) is 60.7 Å². The van der Waals surface area contributed by atoms with Gasteiger partial charge in [0, 0.05) is 6.42 Å². The fraction of sp³-hybridized carbons (Fsp3) is 0.273. The van der Waals surface area contributed by atoms with E-state index >= 15 is 0 Å². The molecule has 158 valence electrons. The number of rotatable bonds is 9. The van der Waals surface area contributed by atoms with Gasteiger partial charge in [-0.1, -0.05) is 60.7 Å². The quantitative estimate of drug-likeness (QED) is 0.480. The largest absolute Gasteiger partial charge is 0.467 e. The number of hydrogen-bond acceptors (Lipinski definition) is 6. The van der Waals surface area contributed by atoms with Crippen molar-refractivity contribution in [3.8, 4) is 0 Å². The molecule has 2 aromatic carbocycles. The molecule has 0 radical (unpaired) electrons. The van der Waals surface area contributed by atoms with E-state index in [0.29, 0.717) is 0 Å². The number of amides is 2. The molecule has 0 saturated carbocycles. The first-order valence-electron chi connectivity index (χ1n) is 9.30. The average Bonchev–Trinajstić information content (AvgIpc) is 2.76. The van der Waals surface area contributed by atoms with Crippen molar-refractivity contribution in [2.75, 3.05) is 7.11 Å². The van der Waals surface area contributed by atoms with Crippen molar-refractivity contribution in [2.24, 2.45) is 0 Å². The summed E-state index contributed by atoms with van der Waals surface area (Å²) in [6.45, 7) is 1.19. The first-order valence-corrected chi connectivity index (χ1v) is 9.30. The maximum Gasteiger partial charge on any atom is 0.408 e. The molecular formula is C22H24N2O6. The van der Waals surface area contributed by atoms with Gasteiger partial charge >= 0.3 is 12.1 Å². The number of carbonyl (C=O) groups is 4. The van der Waals surface area contributed by atoms with Gasteiger partial charge in [0.25, 0.3) is 0 Å². The van der Waals surface area contributed by atoms with Gasteiger partial charge in [-0.2, -0.15) is 0 Å². The summed E-state index contributed by atoms with van der Waals surface area (Å²) in [7, 11) is 1.12. The van der Waals surface area contributed by atoms with E-state index in [2.05, 4.69) is 15.4 Å². The van der Waals surface area contributed by atoms with E-state index in [1.807, 2.05) is 24.3 Å². The number of Topliss-reactive ketones (excluding diaryl/α,β-unsaturated/α-hetero) is 1. The van der Waals surface area contributed by atoms with Gasteiger partial charge in [0.05, 0.1) is 7.11 Å². The van der Waals surface area contributed by atoms with Crippen LogP contribution in [0.4, 0.5) is 4.79 Å². The summed E-state index contributed by atoms with van der Waals surface area (Å²) in [6.07, 6.45) is -0.661. The van der Waals surface area contributed by atoms with E-state index in [1.54, 1.807) is 36.4 Å². The van der Waals surface area contributed by atoms with Gasteiger partial charge in [-0.15, -0.1) is 0 Å². The fourth-order valence-electron chi connectivity index (χ4n) is 2.65. The predicted molar refractivity (Wildman–Crippen MR) is 108 cm³/mol. The highest BCUT2D eigenvalue weighted by Crippen LogP contribution is 2.06. The Morgan fingerprint density at radius 1 is 0.867 bits per heavy atom. The zero-order valence-corrected chi connectivity index (χ0v) is 16.8. The summed E-state index contributed by atoms with van der Waals surface area (Å²) in [6, 6.07) is 15.6. The van der Waals surface area contributed by atoms with Gasteiger partial charge in [-0.25, -0.2) is 9.59 Å². The summed E-state index contributed by atoms with van der Waals surface area (Å²) in [5.41, 5.74) is 1.57. The molecule has 8 heteroatoms. The molecule has 0 spiro atoms. The molecular weight excluding hydrogens is 388 g/mol. The number of ketones is 1. The van der Waals surface area contributed by atoms with Crippen LogP contribution in [0.1, 0.15) is 18.1 Å². The molecule has 0 saturated heterocycles. The molecule has 2 N–H and O–H groups in total. The Morgan fingerprint density at radius 3 is 1.97 bits per heavy atom. The van der Waals surface area contributed by atoms with Crippen LogP contribution in [0.25, 0.3) is 0 Å². The van der Waals surface area contributed by atoms with E-state index in [-0.39, 0.29) is 13.0 Å². The second-order valence-corrected chi connectivity index (χ2v) is 6.52. The van der Waals surface area contributed by atoms with E-state index in [4.69, 9.17) is 4.74 Å². The van der Waals surface area contributed by atoms with Crippen molar-refractivity contribution >= 4 is 23.8 Å². The van der Waals surface area contributed by atoms with Crippen LogP contribution in [0, 0.1) is 0 Å². The molecule has 2 aromatic rings. The maximum atomic E-state index is 12.8. The van der Waals surface area contributed by atoms with Crippen LogP contribution in [-0.2, 0) is 36.9 Å². The zero-order chi connectivity index (χ0) is 21.9. The number of alkyl carbamates (subject to hydrolysis) is 1. The lowest BCUT2D eigenvalue weighted by atomic mass is 10.0. The summed E-state index contributed by atoms with van der Waals surface area (Å²) in [5, 5.41) is 4.83. The van der Waals surface area contributed by atoms with Crippen molar-refractivity contribution < 1.29 is 28.7 Å². The lowest BCUT2D eigenvalue weighted by molar-refractivity contribution is -0.148. The van der Waals surface area contributed by atoms with Crippen molar-refractivity contribution in [3.05, 3.63) is 71.8 Å². The summed E-state index contributed by atoms with van der Waals surface area (Å²) in [4.78, 5) is 48.5. The lowest BCUT2D eigenvalue weighted by Gasteiger charge is -2.21. The molecule has 0 aliphatic carbocycles. The Kier molecular flexibility index (Phi) is 8.56. The first-order chi connectivity index (χ1) is 14.4. The summed E-state index contributed by atoms with van der Waals surface area (Å²) < 4.78 is 9.73. The van der Waals surface area contributed by atoms with Gasteiger partial charge in [-0.3, -0.25) is 9.59 Å². The minimum absolute atomic E-state index is 0.0323. The smallest absolute Gasteiger partial charge is 0.408 e. The van der Waals surface area contributed by atoms with E-state index in [0.717, 1.165) is 25.2 Å². The topological polar surface area (TPSA) is 111 Å². The van der Waals surface area contributed by atoms with Crippen LogP contribution in [0.2, 0.25) is 0 Å². The van der Waals surface area contributed by atoms with Crippen molar-refractivity contribution in [2.45, 2.75) is 32.0 Å². The van der Waals surface area contributed by atoms with Crippen LogP contribution in [-0.4, -0.2) is 42.9 Å². The highest BCUT2D eigenvalue weighted by atomic mass is 16.5. The predicted octanol–water partition coefficient (Wildman–Crippen LogP) is 1.77. The van der Waals surface area contributed by atoms with Crippen LogP contribution in [0.5, 0.6) is 0 Å². The molecule has 2 atom stereocenters. The third-order valence-corrected chi connectivity index (χ3v) is 4.23. The molecule has 8 nitrogen and oxygen atoms in total. The third kappa shape index (κ3) is 7.05. The molecule has 0 heterocycles. The minimum Gasteiger partial charge on any atom is -0.467 e. The Balaban J connectivity index is 2.08. The fourth-order valence-corrected chi connectivity index (χ4v) is 2.65. The van der Waals surface area contributed by atoms with Gasteiger partial charge in [0.2, 0.25) is 5.91 Å². The second-order valence-electron chi connectivity index (χ2n) is 6.52. The number of ether oxygens (including phenoxy) is 2. The Morgan fingerprint density at radius 2 is 1.43 bits per heavy atom. The molecule has 0 aliphatic heterocycles. The number of esters is 1. The van der Waals surface area contributed by atoms with Crippen molar-refractivity contribution in [3.63, 3.8) is 0 Å². The minimum atomic E-state index is -1.46. The van der Waals surface area contributed by atoms with E-state index in [1.165, 1.54) is 0 Å². The molecule has 1 unspecified atom stereocenters. The van der Waals surface area contributed by atoms with Crippen LogP contribution < -0.4 is 10.6 Å². The highest BCUT2D eigenvalue weighted by molar-refractivity contribution is 6.05. The SMILES string of the molecule is COC(=O)C(NC(=O)[C@H](Cc1ccccc1)NC(=O)OCc1ccccc1)C(C)=O. The highest BCUT2D eigenvalue weighted by Gasteiger charge is 2.30. The van der Waals surface area contributed by atoms with E-state index < -0.39 is 35.8 Å². The zero-order valence-electron chi connectivity index (χ0n) is 16.8. The van der Waals surface area contributed by atoms with Crippen molar-refractivity contribution in [1.29, 1.82) is 0 Å². The Labute approximate surface area is 174 Å². The molecule has 0 bridgehead atoms. The molecule has 2 amide bonds. The Hall–Kier alpha value is -3.68. The van der Waals surface area contributed by atoms with Crippen LogP contribution >= 0.6 is 0 Å². The van der Waals surface area contributed by atoms with Gasteiger partial charge < -0.3 is 20.1 Å². The standard InChI is InChI=1S/C22H24N2O6/c1-15(25)19(21(27)29-2)24-20(26)18(13-16-9-5-3-6-10-16)23-22(28)30-14-17-11-7-4-8-12-17/h3-12,18-19H,13-14H2,1-2H3,(H,23,28)(H,24,26)/t18-,19?/m0/s1. The first kappa shape index (κ1) is 22.6. The molecule has 30 heavy (non-hydrogen) atoms. The summed E-state index contributed by atoms with van der Waals surface area (Å²) >= 11 is 0. The monoisotopic (exact) mass is 412 g/mol. The average molecular weight is 412 g/mol. The number of methoxy groups -OCH3 is 1. The number of nitrogens with one attached hydrogen (secondary N) is 2. The van der Waals surface area contributed by atoms with Gasteiger partial charge in [-0.05, 0) is 18.1 Å². The van der Waals surface area contributed by atoms with Crippen molar-refractivity contribution in [1.82, 2.24) is 10.6 Å². The molecule has 2 rings (SSSR count). The summed E-state index contributed by atoms with van der Waals surface area (Å²) in [5.74, 6) is -2.18. The maximum absolute atomic E-state index is 12.8. The second kappa shape index (κ2) is 11.4. The molecule has 0 aromatic heterocycles. The number of hydrogen-bond donors (Lipinski definition) is 2. The van der Waals surface area contributed by atoms with E-state index in [9.17, 15) is 19.2 Å². The Bertz CT molecular complexity index is 870. The lowest BCUT2D eigenvalue weighted by Crippen LogP contribution is -2.54. The van der Waals surface area contributed by atoms with Gasteiger partial charge in [0.1, 0.15) is 12.6 Å². The normalized spacial score (nSPS) is 12.2. The number of carbonyl (C=O) groups excluding carboxylic acids is 4.